The molecule has 0 saturated carbocycles. The minimum atomic E-state index is -0.565. The summed E-state index contributed by atoms with van der Waals surface area (Å²) < 4.78 is 13.4. The van der Waals surface area contributed by atoms with E-state index < -0.39 is 10.7 Å². The monoisotopic (exact) mass is 212 g/mol. The number of nitro groups is 1. The first-order chi connectivity index (χ1) is 6.61. The molecule has 0 aliphatic heterocycles. The second-order valence-electron chi connectivity index (χ2n) is 2.72. The molecule has 6 heteroatoms. The normalized spacial score (nSPS) is 10.6. The summed E-state index contributed by atoms with van der Waals surface area (Å²) in [7, 11) is 0. The number of nitro benzene ring substituents is 1. The van der Waals surface area contributed by atoms with Gasteiger partial charge in [-0.3, -0.25) is 10.1 Å². The average Bonchev–Trinajstić information content (AvgIpc) is 2.50. The van der Waals surface area contributed by atoms with Crippen LogP contribution in [0.15, 0.2) is 17.5 Å². The molecule has 0 spiro atoms. The summed E-state index contributed by atoms with van der Waals surface area (Å²) in [5.74, 6) is -0.479. The van der Waals surface area contributed by atoms with Gasteiger partial charge in [0.15, 0.2) is 0 Å². The molecule has 72 valence electrons. The second-order valence-corrected chi connectivity index (χ2v) is 3.60. The maximum Gasteiger partial charge on any atom is 0.280 e. The summed E-state index contributed by atoms with van der Waals surface area (Å²) in [5, 5.41) is 12.3. The maximum absolute atomic E-state index is 13.2. The van der Waals surface area contributed by atoms with Crippen LogP contribution >= 0.6 is 11.3 Å². The smallest absolute Gasteiger partial charge is 0.280 e. The first-order valence-corrected chi connectivity index (χ1v) is 4.59. The van der Waals surface area contributed by atoms with Crippen molar-refractivity contribution in [3.63, 3.8) is 0 Å². The van der Waals surface area contributed by atoms with Crippen molar-refractivity contribution in [2.75, 3.05) is 5.73 Å². The summed E-state index contributed by atoms with van der Waals surface area (Å²) in [5.41, 5.74) is 5.62. The van der Waals surface area contributed by atoms with E-state index >= 15 is 0 Å². The predicted octanol–water partition coefficient (Wildman–Crippen LogP) is 2.53. The van der Waals surface area contributed by atoms with E-state index in [0.717, 1.165) is 23.5 Å². The van der Waals surface area contributed by atoms with Gasteiger partial charge in [-0.2, -0.15) is 0 Å². The summed E-state index contributed by atoms with van der Waals surface area (Å²) >= 11 is 1.07. The van der Waals surface area contributed by atoms with Crippen molar-refractivity contribution in [2.24, 2.45) is 0 Å². The highest BCUT2D eigenvalue weighted by atomic mass is 32.1. The van der Waals surface area contributed by atoms with Gasteiger partial charge in [0.2, 0.25) is 0 Å². The molecule has 0 atom stereocenters. The van der Waals surface area contributed by atoms with E-state index in [1.54, 1.807) is 0 Å². The van der Waals surface area contributed by atoms with Crippen LogP contribution in [0.25, 0.3) is 10.1 Å². The first-order valence-electron chi connectivity index (χ1n) is 3.71. The van der Waals surface area contributed by atoms with Crippen LogP contribution in [0.2, 0.25) is 0 Å². The number of nitrogen functional groups attached to an aromatic ring is 1. The van der Waals surface area contributed by atoms with Crippen LogP contribution in [0, 0.1) is 15.9 Å². The number of nitrogens with two attached hydrogens (primary N) is 1. The summed E-state index contributed by atoms with van der Waals surface area (Å²) in [6.45, 7) is 0. The number of thiophene rings is 1. The van der Waals surface area contributed by atoms with E-state index in [9.17, 15) is 14.5 Å². The largest absolute Gasteiger partial charge is 0.397 e. The van der Waals surface area contributed by atoms with Crippen LogP contribution in [0.3, 0.4) is 0 Å². The molecule has 0 unspecified atom stereocenters. The lowest BCUT2D eigenvalue weighted by Gasteiger charge is -1.96. The first kappa shape index (κ1) is 8.89. The Kier molecular flexibility index (Phi) is 1.85. The third-order valence-corrected chi connectivity index (χ3v) is 2.88. The molecule has 0 amide bonds. The molecule has 2 aromatic rings. The Hall–Kier alpha value is -1.69. The molecular weight excluding hydrogens is 207 g/mol. The molecule has 0 aliphatic carbocycles. The minimum absolute atomic E-state index is 0.153. The number of nitrogens with zero attached hydrogens (tertiary/aromatic N) is 1. The van der Waals surface area contributed by atoms with Gasteiger partial charge < -0.3 is 5.73 Å². The molecule has 0 radical (unpaired) electrons. The zero-order valence-corrected chi connectivity index (χ0v) is 7.68. The second kappa shape index (κ2) is 2.91. The van der Waals surface area contributed by atoms with E-state index in [4.69, 9.17) is 5.73 Å². The van der Waals surface area contributed by atoms with Crippen molar-refractivity contribution < 1.29 is 9.31 Å². The predicted molar refractivity (Wildman–Crippen MR) is 52.8 cm³/mol. The highest BCUT2D eigenvalue weighted by molar-refractivity contribution is 7.18. The van der Waals surface area contributed by atoms with Crippen LogP contribution < -0.4 is 5.73 Å². The van der Waals surface area contributed by atoms with Gasteiger partial charge in [0.05, 0.1) is 20.7 Å². The van der Waals surface area contributed by atoms with Crippen LogP contribution in [-0.4, -0.2) is 4.92 Å². The number of anilines is 1. The fourth-order valence-electron chi connectivity index (χ4n) is 1.27. The van der Waals surface area contributed by atoms with Crippen LogP contribution in [-0.2, 0) is 0 Å². The average molecular weight is 212 g/mol. The van der Waals surface area contributed by atoms with Gasteiger partial charge in [-0.15, -0.1) is 11.3 Å². The Bertz CT molecular complexity index is 523. The van der Waals surface area contributed by atoms with Crippen LogP contribution in [0.1, 0.15) is 0 Å². The van der Waals surface area contributed by atoms with Gasteiger partial charge in [-0.05, 0) is 6.07 Å². The van der Waals surface area contributed by atoms with Crippen molar-refractivity contribution in [2.45, 2.75) is 0 Å². The van der Waals surface area contributed by atoms with E-state index in [1.807, 2.05) is 0 Å². The third kappa shape index (κ3) is 1.12. The summed E-state index contributed by atoms with van der Waals surface area (Å²) in [6, 6.07) is 2.21. The lowest BCUT2D eigenvalue weighted by atomic mass is 10.2. The molecular formula is C8H5FN2O2S. The molecule has 1 aromatic carbocycles. The molecule has 2 N–H and O–H groups in total. The molecule has 2 rings (SSSR count). The Morgan fingerprint density at radius 1 is 1.50 bits per heavy atom. The van der Waals surface area contributed by atoms with Crippen molar-refractivity contribution in [1.82, 2.24) is 0 Å². The Labute approximate surface area is 81.9 Å². The van der Waals surface area contributed by atoms with E-state index in [0.29, 0.717) is 0 Å². The Morgan fingerprint density at radius 3 is 2.86 bits per heavy atom. The molecule has 0 saturated heterocycles. The van der Waals surface area contributed by atoms with Crippen molar-refractivity contribution in [3.05, 3.63) is 33.4 Å². The van der Waals surface area contributed by atoms with Gasteiger partial charge in [-0.1, -0.05) is 0 Å². The molecule has 14 heavy (non-hydrogen) atoms. The zero-order chi connectivity index (χ0) is 10.3. The molecule has 0 fully saturated rings. The number of hydrogen-bond donors (Lipinski definition) is 1. The SMILES string of the molecule is Nc1csc2c(F)ccc([N+](=O)[O-])c12. The molecule has 1 heterocycles. The van der Waals surface area contributed by atoms with Gasteiger partial charge in [-0.25, -0.2) is 4.39 Å². The van der Waals surface area contributed by atoms with Gasteiger partial charge in [0, 0.05) is 11.4 Å². The lowest BCUT2D eigenvalue weighted by Crippen LogP contribution is -1.91. The number of non-ortho nitro benzene ring substituents is 1. The third-order valence-electron chi connectivity index (χ3n) is 1.88. The number of rotatable bonds is 1. The highest BCUT2D eigenvalue weighted by Gasteiger charge is 2.18. The van der Waals surface area contributed by atoms with Gasteiger partial charge >= 0.3 is 0 Å². The standard InChI is InChI=1S/C8H5FN2O2S/c9-4-1-2-6(11(12)13)7-5(10)3-14-8(4)7/h1-3H,10H2. The maximum atomic E-state index is 13.2. The number of benzene rings is 1. The zero-order valence-electron chi connectivity index (χ0n) is 6.86. The minimum Gasteiger partial charge on any atom is -0.397 e. The highest BCUT2D eigenvalue weighted by Crippen LogP contribution is 2.36. The Balaban J connectivity index is 2.92. The van der Waals surface area contributed by atoms with Crippen molar-refractivity contribution >= 4 is 32.8 Å². The molecule has 4 nitrogen and oxygen atoms in total. The van der Waals surface area contributed by atoms with E-state index in [1.165, 1.54) is 5.38 Å². The fourth-order valence-corrected chi connectivity index (χ4v) is 2.16. The number of fused-ring (bicyclic) bond motifs is 1. The number of hydrogen-bond acceptors (Lipinski definition) is 4. The van der Waals surface area contributed by atoms with Crippen LogP contribution in [0.5, 0.6) is 0 Å². The van der Waals surface area contributed by atoms with E-state index in [-0.39, 0.29) is 21.5 Å². The molecule has 0 aliphatic rings. The summed E-state index contributed by atoms with van der Waals surface area (Å²) in [6.07, 6.45) is 0. The van der Waals surface area contributed by atoms with Gasteiger partial charge in [0.25, 0.3) is 5.69 Å². The molecule has 1 aromatic heterocycles. The van der Waals surface area contributed by atoms with Crippen molar-refractivity contribution in [1.29, 1.82) is 0 Å². The van der Waals surface area contributed by atoms with Crippen LogP contribution in [0.4, 0.5) is 15.8 Å². The molecule has 0 bridgehead atoms. The lowest BCUT2D eigenvalue weighted by molar-refractivity contribution is -0.383. The van der Waals surface area contributed by atoms with E-state index in [2.05, 4.69) is 0 Å². The van der Waals surface area contributed by atoms with Crippen molar-refractivity contribution in [3.8, 4) is 0 Å². The van der Waals surface area contributed by atoms with Gasteiger partial charge in [0.1, 0.15) is 5.82 Å². The summed E-state index contributed by atoms with van der Waals surface area (Å²) in [4.78, 5) is 10.0. The topological polar surface area (TPSA) is 69.2 Å². The fraction of sp³-hybridized carbons (Fsp3) is 0. The Morgan fingerprint density at radius 2 is 2.21 bits per heavy atom. The number of halogens is 1. The quantitative estimate of drug-likeness (QED) is 0.583.